The molecular weight excluding hydrogens is 352 g/mol. The average Bonchev–Trinajstić information content (AvgIpc) is 3.46. The van der Waals surface area contributed by atoms with Gasteiger partial charge in [-0.1, -0.05) is 12.1 Å². The van der Waals surface area contributed by atoms with Crippen LogP contribution < -0.4 is 4.74 Å². The van der Waals surface area contributed by atoms with E-state index in [9.17, 15) is 8.42 Å². The van der Waals surface area contributed by atoms with E-state index in [4.69, 9.17) is 9.47 Å². The van der Waals surface area contributed by atoms with E-state index in [1.807, 2.05) is 31.2 Å². The fraction of sp³-hybridized carbons (Fsp3) is 0.684. The minimum absolute atomic E-state index is 0.134. The number of hydrogen-bond acceptors (Lipinski definition) is 4. The van der Waals surface area contributed by atoms with Crippen LogP contribution in [0.15, 0.2) is 24.3 Å². The van der Waals surface area contributed by atoms with Crippen molar-refractivity contribution >= 4 is 10.2 Å². The number of benzene rings is 1. The van der Waals surface area contributed by atoms with Crippen molar-refractivity contribution in [2.24, 2.45) is 5.92 Å². The summed E-state index contributed by atoms with van der Waals surface area (Å²) in [4.78, 5) is 0. The Morgan fingerprint density at radius 1 is 1.19 bits per heavy atom. The maximum atomic E-state index is 13.3. The highest BCUT2D eigenvalue weighted by atomic mass is 32.2. The summed E-state index contributed by atoms with van der Waals surface area (Å²) >= 11 is 0. The molecule has 0 radical (unpaired) electrons. The minimum Gasteiger partial charge on any atom is -0.494 e. The average molecular weight is 383 g/mol. The van der Waals surface area contributed by atoms with E-state index in [1.54, 1.807) is 15.7 Å². The van der Waals surface area contributed by atoms with E-state index in [0.29, 0.717) is 32.8 Å². The second kappa shape index (κ2) is 8.69. The van der Waals surface area contributed by atoms with Gasteiger partial charge in [-0.15, -0.1) is 0 Å². The Hall–Kier alpha value is -1.15. The van der Waals surface area contributed by atoms with Gasteiger partial charge >= 0.3 is 0 Å². The van der Waals surface area contributed by atoms with Crippen LogP contribution in [0.25, 0.3) is 0 Å². The second-order valence-corrected chi connectivity index (χ2v) is 9.06. The van der Waals surface area contributed by atoms with E-state index in [1.165, 1.54) is 0 Å². The molecule has 0 spiro atoms. The van der Waals surface area contributed by atoms with E-state index in [2.05, 4.69) is 0 Å². The molecule has 1 unspecified atom stereocenters. The third kappa shape index (κ3) is 4.76. The molecule has 0 aromatic heterocycles. The van der Waals surface area contributed by atoms with Gasteiger partial charge in [0.1, 0.15) is 5.75 Å². The van der Waals surface area contributed by atoms with Crippen LogP contribution in [-0.4, -0.2) is 56.5 Å². The quantitative estimate of drug-likeness (QED) is 0.659. The summed E-state index contributed by atoms with van der Waals surface area (Å²) in [6.07, 6.45) is 3.83. The molecule has 26 heavy (non-hydrogen) atoms. The van der Waals surface area contributed by atoms with Crippen LogP contribution in [0.3, 0.4) is 0 Å². The standard InChI is InChI=1S/C19H30N2O4S/c1-3-25-19-10-6-16(7-11-19)14-21(18-8-9-18)26(22,23)20-12-4-5-17(13-20)15-24-2/h6-7,10-11,17-18H,3-5,8-9,12-15H2,1-2H3. The second-order valence-electron chi connectivity index (χ2n) is 7.18. The van der Waals surface area contributed by atoms with Crippen LogP contribution >= 0.6 is 0 Å². The molecule has 3 rings (SSSR count). The van der Waals surface area contributed by atoms with Crippen LogP contribution in [0.2, 0.25) is 0 Å². The summed E-state index contributed by atoms with van der Waals surface area (Å²) in [5, 5.41) is 0. The van der Waals surface area contributed by atoms with Gasteiger partial charge in [-0.25, -0.2) is 0 Å². The molecular formula is C19H30N2O4S. The maximum Gasteiger partial charge on any atom is 0.282 e. The fourth-order valence-corrected chi connectivity index (χ4v) is 5.51. The summed E-state index contributed by atoms with van der Waals surface area (Å²) < 4.78 is 40.6. The Labute approximate surface area is 157 Å². The first-order valence-electron chi connectivity index (χ1n) is 9.52. The van der Waals surface area contributed by atoms with Gasteiger partial charge in [0.15, 0.2) is 0 Å². The number of rotatable bonds is 9. The zero-order chi connectivity index (χ0) is 18.6. The lowest BCUT2D eigenvalue weighted by Crippen LogP contribution is -2.49. The Kier molecular flexibility index (Phi) is 6.55. The molecule has 0 N–H and O–H groups in total. The van der Waals surface area contributed by atoms with Crippen molar-refractivity contribution in [1.82, 2.24) is 8.61 Å². The smallest absolute Gasteiger partial charge is 0.282 e. The van der Waals surface area contributed by atoms with Crippen LogP contribution in [0.1, 0.15) is 38.2 Å². The summed E-state index contributed by atoms with van der Waals surface area (Å²) in [5.41, 5.74) is 0.995. The van der Waals surface area contributed by atoms with Gasteiger partial charge in [-0.3, -0.25) is 0 Å². The molecule has 146 valence electrons. The van der Waals surface area contributed by atoms with Gasteiger partial charge in [0.2, 0.25) is 0 Å². The SMILES string of the molecule is CCOc1ccc(CN(C2CC2)S(=O)(=O)N2CCCC(COC)C2)cc1. The minimum atomic E-state index is -3.45. The van der Waals surface area contributed by atoms with E-state index in [0.717, 1.165) is 37.0 Å². The fourth-order valence-electron chi connectivity index (χ4n) is 3.56. The first kappa shape index (κ1) is 19.6. The molecule has 1 aromatic carbocycles. The van der Waals surface area contributed by atoms with Crippen molar-refractivity contribution in [2.45, 2.75) is 45.2 Å². The molecule has 1 aliphatic heterocycles. The first-order chi connectivity index (χ1) is 12.5. The number of piperidine rings is 1. The lowest BCUT2D eigenvalue weighted by molar-refractivity contribution is 0.116. The topological polar surface area (TPSA) is 59.1 Å². The number of methoxy groups -OCH3 is 1. The van der Waals surface area contributed by atoms with Gasteiger partial charge < -0.3 is 9.47 Å². The maximum absolute atomic E-state index is 13.3. The summed E-state index contributed by atoms with van der Waals surface area (Å²) in [6.45, 7) is 4.78. The summed E-state index contributed by atoms with van der Waals surface area (Å²) in [6, 6.07) is 7.87. The third-order valence-electron chi connectivity index (χ3n) is 5.03. The Balaban J connectivity index is 1.72. The highest BCUT2D eigenvalue weighted by Gasteiger charge is 2.41. The molecule has 0 bridgehead atoms. The molecule has 2 aliphatic rings. The largest absolute Gasteiger partial charge is 0.494 e. The Bertz CT molecular complexity index is 671. The van der Waals surface area contributed by atoms with Crippen LogP contribution in [0.4, 0.5) is 0 Å². The highest BCUT2D eigenvalue weighted by Crippen LogP contribution is 2.33. The van der Waals surface area contributed by atoms with Crippen molar-refractivity contribution in [2.75, 3.05) is 33.4 Å². The van der Waals surface area contributed by atoms with Crippen molar-refractivity contribution < 1.29 is 17.9 Å². The van der Waals surface area contributed by atoms with E-state index < -0.39 is 10.2 Å². The number of hydrogen-bond donors (Lipinski definition) is 0. The van der Waals surface area contributed by atoms with Crippen molar-refractivity contribution in [3.05, 3.63) is 29.8 Å². The molecule has 7 heteroatoms. The van der Waals surface area contributed by atoms with Gasteiger partial charge in [0.05, 0.1) is 13.2 Å². The lowest BCUT2D eigenvalue weighted by Gasteiger charge is -2.35. The van der Waals surface area contributed by atoms with Crippen LogP contribution in [-0.2, 0) is 21.5 Å². The molecule has 2 fully saturated rings. The van der Waals surface area contributed by atoms with Crippen LogP contribution in [0.5, 0.6) is 5.75 Å². The number of nitrogens with zero attached hydrogens (tertiary/aromatic N) is 2. The molecule has 1 heterocycles. The van der Waals surface area contributed by atoms with Gasteiger partial charge in [-0.05, 0) is 56.2 Å². The zero-order valence-corrected chi connectivity index (χ0v) is 16.6. The molecule has 1 saturated heterocycles. The predicted octanol–water partition coefficient (Wildman–Crippen LogP) is 2.65. The molecule has 1 saturated carbocycles. The Morgan fingerprint density at radius 2 is 1.92 bits per heavy atom. The summed E-state index contributed by atoms with van der Waals surface area (Å²) in [7, 11) is -1.77. The van der Waals surface area contributed by atoms with E-state index in [-0.39, 0.29) is 12.0 Å². The Morgan fingerprint density at radius 3 is 2.54 bits per heavy atom. The van der Waals surface area contributed by atoms with E-state index >= 15 is 0 Å². The van der Waals surface area contributed by atoms with Gasteiger partial charge in [0, 0.05) is 32.8 Å². The lowest BCUT2D eigenvalue weighted by atomic mass is 10.0. The summed E-state index contributed by atoms with van der Waals surface area (Å²) in [5.74, 6) is 1.10. The van der Waals surface area contributed by atoms with Crippen molar-refractivity contribution in [1.29, 1.82) is 0 Å². The van der Waals surface area contributed by atoms with Gasteiger partial charge in [-0.2, -0.15) is 17.0 Å². The monoisotopic (exact) mass is 382 g/mol. The molecule has 0 amide bonds. The molecule has 6 nitrogen and oxygen atoms in total. The molecule has 1 atom stereocenters. The molecule has 1 aromatic rings. The van der Waals surface area contributed by atoms with Crippen LogP contribution in [0, 0.1) is 5.92 Å². The highest BCUT2D eigenvalue weighted by molar-refractivity contribution is 7.86. The van der Waals surface area contributed by atoms with Crippen molar-refractivity contribution in [3.63, 3.8) is 0 Å². The predicted molar refractivity (Wildman–Crippen MR) is 101 cm³/mol. The van der Waals surface area contributed by atoms with Gasteiger partial charge in [0.25, 0.3) is 10.2 Å². The third-order valence-corrected chi connectivity index (χ3v) is 7.04. The first-order valence-corrected chi connectivity index (χ1v) is 10.9. The normalized spacial score (nSPS) is 21.9. The molecule has 1 aliphatic carbocycles. The van der Waals surface area contributed by atoms with Crippen molar-refractivity contribution in [3.8, 4) is 5.75 Å². The zero-order valence-electron chi connectivity index (χ0n) is 15.8. The number of ether oxygens (including phenoxy) is 2.